The van der Waals surface area contributed by atoms with Crippen molar-refractivity contribution in [3.8, 4) is 0 Å². The molecule has 3 rings (SSSR count). The third-order valence-corrected chi connectivity index (χ3v) is 6.65. The molecule has 0 N–H and O–H groups in total. The Labute approximate surface area is 127 Å². The fraction of sp³-hybridized carbons (Fsp3) is 0.625. The Morgan fingerprint density at radius 2 is 1.52 bits per heavy atom. The third-order valence-electron chi connectivity index (χ3n) is 4.74. The molecule has 2 saturated heterocycles. The van der Waals surface area contributed by atoms with Crippen LogP contribution in [-0.4, -0.2) is 49.8 Å². The van der Waals surface area contributed by atoms with Crippen LogP contribution in [0.25, 0.3) is 0 Å². The van der Waals surface area contributed by atoms with Crippen molar-refractivity contribution in [2.75, 3.05) is 26.2 Å². The topological polar surface area (TPSA) is 40.6 Å². The van der Waals surface area contributed by atoms with Gasteiger partial charge in [-0.3, -0.25) is 0 Å². The normalized spacial score (nSPS) is 22.7. The molecule has 21 heavy (non-hydrogen) atoms. The van der Waals surface area contributed by atoms with Gasteiger partial charge in [0.25, 0.3) is 0 Å². The Morgan fingerprint density at radius 3 is 2.10 bits per heavy atom. The number of likely N-dealkylation sites (tertiary alicyclic amines) is 1. The van der Waals surface area contributed by atoms with Gasteiger partial charge < -0.3 is 4.90 Å². The molecule has 0 bridgehead atoms. The van der Waals surface area contributed by atoms with Crippen molar-refractivity contribution in [1.82, 2.24) is 9.21 Å². The number of piperidine rings is 1. The van der Waals surface area contributed by atoms with Gasteiger partial charge in [-0.2, -0.15) is 4.31 Å². The zero-order chi connectivity index (χ0) is 14.9. The van der Waals surface area contributed by atoms with E-state index in [0.717, 1.165) is 18.4 Å². The number of sulfonamides is 1. The summed E-state index contributed by atoms with van der Waals surface area (Å²) in [6.45, 7) is 5.65. The summed E-state index contributed by atoms with van der Waals surface area (Å²) < 4.78 is 26.9. The quantitative estimate of drug-likeness (QED) is 0.860. The molecule has 2 heterocycles. The molecule has 116 valence electrons. The van der Waals surface area contributed by atoms with Crippen molar-refractivity contribution < 1.29 is 8.42 Å². The Hall–Kier alpha value is -0.910. The van der Waals surface area contributed by atoms with E-state index in [1.165, 1.54) is 25.9 Å². The summed E-state index contributed by atoms with van der Waals surface area (Å²) in [4.78, 5) is 2.96. The lowest BCUT2D eigenvalue weighted by atomic mass is 10.1. The van der Waals surface area contributed by atoms with E-state index in [1.807, 2.05) is 19.1 Å². The van der Waals surface area contributed by atoms with E-state index in [4.69, 9.17) is 0 Å². The number of nitrogens with zero attached hydrogens (tertiary/aromatic N) is 2. The summed E-state index contributed by atoms with van der Waals surface area (Å²) in [5.41, 5.74) is 1.08. The minimum Gasteiger partial charge on any atom is -0.300 e. The molecule has 5 heteroatoms. The van der Waals surface area contributed by atoms with Crippen molar-refractivity contribution in [2.45, 2.75) is 43.5 Å². The van der Waals surface area contributed by atoms with Gasteiger partial charge in [0.15, 0.2) is 0 Å². The van der Waals surface area contributed by atoms with Crippen LogP contribution in [-0.2, 0) is 10.0 Å². The van der Waals surface area contributed by atoms with Crippen LogP contribution in [0.5, 0.6) is 0 Å². The zero-order valence-corrected chi connectivity index (χ0v) is 13.5. The van der Waals surface area contributed by atoms with E-state index in [9.17, 15) is 8.42 Å². The monoisotopic (exact) mass is 308 g/mol. The van der Waals surface area contributed by atoms with Gasteiger partial charge in [-0.1, -0.05) is 17.7 Å². The van der Waals surface area contributed by atoms with Crippen molar-refractivity contribution in [3.63, 3.8) is 0 Å². The summed E-state index contributed by atoms with van der Waals surface area (Å²) >= 11 is 0. The van der Waals surface area contributed by atoms with Crippen molar-refractivity contribution in [1.29, 1.82) is 0 Å². The summed E-state index contributed by atoms with van der Waals surface area (Å²) in [5, 5.41) is 0. The maximum absolute atomic E-state index is 12.6. The van der Waals surface area contributed by atoms with Gasteiger partial charge in [0.05, 0.1) is 4.90 Å². The fourth-order valence-corrected chi connectivity index (χ4v) is 4.88. The molecule has 1 aromatic carbocycles. The summed E-state index contributed by atoms with van der Waals surface area (Å²) in [5.74, 6) is 0. The molecule has 0 atom stereocenters. The SMILES string of the molecule is Cc1ccc(S(=O)(=O)N2CCC(N3CCCC3)CC2)cc1. The van der Waals surface area contributed by atoms with E-state index in [1.54, 1.807) is 16.4 Å². The zero-order valence-electron chi connectivity index (χ0n) is 12.7. The second kappa shape index (κ2) is 6.07. The van der Waals surface area contributed by atoms with E-state index in [2.05, 4.69) is 4.90 Å². The molecule has 0 aliphatic carbocycles. The third kappa shape index (κ3) is 3.15. The largest absolute Gasteiger partial charge is 0.300 e. The molecule has 0 unspecified atom stereocenters. The highest BCUT2D eigenvalue weighted by molar-refractivity contribution is 7.89. The van der Waals surface area contributed by atoms with Gasteiger partial charge in [-0.25, -0.2) is 8.42 Å². The van der Waals surface area contributed by atoms with Crippen LogP contribution in [0.1, 0.15) is 31.2 Å². The smallest absolute Gasteiger partial charge is 0.243 e. The van der Waals surface area contributed by atoms with Crippen LogP contribution < -0.4 is 0 Å². The first-order valence-electron chi connectivity index (χ1n) is 7.88. The minimum absolute atomic E-state index is 0.424. The Bertz CT molecular complexity index is 569. The lowest BCUT2D eigenvalue weighted by Gasteiger charge is -2.36. The first-order valence-corrected chi connectivity index (χ1v) is 9.32. The first kappa shape index (κ1) is 15.0. The number of aryl methyl sites for hydroxylation is 1. The van der Waals surface area contributed by atoms with Crippen molar-refractivity contribution in [2.24, 2.45) is 0 Å². The molecule has 2 fully saturated rings. The Balaban J connectivity index is 1.66. The number of benzene rings is 1. The fourth-order valence-electron chi connectivity index (χ4n) is 3.41. The standard InChI is InChI=1S/C16H24N2O2S/c1-14-4-6-16(7-5-14)21(19,20)18-12-8-15(9-13-18)17-10-2-3-11-17/h4-7,15H,2-3,8-13H2,1H3. The van der Waals surface area contributed by atoms with Crippen LogP contribution >= 0.6 is 0 Å². The second-order valence-corrected chi connectivity index (χ2v) is 8.13. The second-order valence-electron chi connectivity index (χ2n) is 6.19. The van der Waals surface area contributed by atoms with Gasteiger partial charge in [0.1, 0.15) is 0 Å². The van der Waals surface area contributed by atoms with Gasteiger partial charge in [0, 0.05) is 19.1 Å². The highest BCUT2D eigenvalue weighted by atomic mass is 32.2. The van der Waals surface area contributed by atoms with E-state index in [-0.39, 0.29) is 0 Å². The summed E-state index contributed by atoms with van der Waals surface area (Å²) in [6, 6.07) is 7.75. The lowest BCUT2D eigenvalue weighted by molar-refractivity contribution is 0.168. The van der Waals surface area contributed by atoms with E-state index < -0.39 is 10.0 Å². The van der Waals surface area contributed by atoms with Gasteiger partial charge >= 0.3 is 0 Å². The van der Waals surface area contributed by atoms with Gasteiger partial charge in [-0.15, -0.1) is 0 Å². The molecule has 1 aromatic rings. The Morgan fingerprint density at radius 1 is 0.952 bits per heavy atom. The molecule has 2 aliphatic rings. The predicted molar refractivity (Wildman–Crippen MR) is 83.8 cm³/mol. The molecule has 0 aromatic heterocycles. The Kier molecular flexibility index (Phi) is 4.33. The number of hydrogen-bond donors (Lipinski definition) is 0. The lowest BCUT2D eigenvalue weighted by Crippen LogP contribution is -2.45. The first-order chi connectivity index (χ1) is 10.1. The average Bonchev–Trinajstić information content (AvgIpc) is 3.02. The molecule has 0 radical (unpaired) electrons. The van der Waals surface area contributed by atoms with Crippen LogP contribution in [0.4, 0.5) is 0 Å². The maximum Gasteiger partial charge on any atom is 0.243 e. The minimum atomic E-state index is -3.31. The van der Waals surface area contributed by atoms with E-state index >= 15 is 0 Å². The number of rotatable bonds is 3. The van der Waals surface area contributed by atoms with Crippen LogP contribution in [0.3, 0.4) is 0 Å². The highest BCUT2D eigenvalue weighted by Gasteiger charge is 2.32. The molecule has 2 aliphatic heterocycles. The molecule has 0 amide bonds. The number of hydrogen-bond acceptors (Lipinski definition) is 3. The van der Waals surface area contributed by atoms with Crippen molar-refractivity contribution in [3.05, 3.63) is 29.8 Å². The predicted octanol–water partition coefficient (Wildman–Crippen LogP) is 2.24. The summed E-state index contributed by atoms with van der Waals surface area (Å²) in [7, 11) is -3.31. The summed E-state index contributed by atoms with van der Waals surface area (Å²) in [6.07, 6.45) is 4.51. The van der Waals surface area contributed by atoms with Crippen LogP contribution in [0.15, 0.2) is 29.2 Å². The molecular weight excluding hydrogens is 284 g/mol. The van der Waals surface area contributed by atoms with Crippen LogP contribution in [0, 0.1) is 6.92 Å². The van der Waals surface area contributed by atoms with Crippen LogP contribution in [0.2, 0.25) is 0 Å². The van der Waals surface area contributed by atoms with Gasteiger partial charge in [-0.05, 0) is 57.8 Å². The average molecular weight is 308 g/mol. The molecule has 0 saturated carbocycles. The molecule has 4 nitrogen and oxygen atoms in total. The van der Waals surface area contributed by atoms with E-state index in [0.29, 0.717) is 24.0 Å². The van der Waals surface area contributed by atoms with Crippen molar-refractivity contribution >= 4 is 10.0 Å². The maximum atomic E-state index is 12.6. The van der Waals surface area contributed by atoms with Gasteiger partial charge in [0.2, 0.25) is 10.0 Å². The molecular formula is C16H24N2O2S. The molecule has 0 spiro atoms. The highest BCUT2D eigenvalue weighted by Crippen LogP contribution is 2.25.